The first kappa shape index (κ1) is 14.3. The zero-order chi connectivity index (χ0) is 13.7. The van der Waals surface area contributed by atoms with Gasteiger partial charge in [0, 0.05) is 45.0 Å². The third-order valence-electron chi connectivity index (χ3n) is 3.59. The Bertz CT molecular complexity index is 402. The van der Waals surface area contributed by atoms with Crippen LogP contribution < -0.4 is 10.6 Å². The van der Waals surface area contributed by atoms with Gasteiger partial charge in [-0.2, -0.15) is 0 Å². The molecule has 1 aromatic carbocycles. The fourth-order valence-corrected chi connectivity index (χ4v) is 2.45. The molecule has 2 rings (SSSR count). The summed E-state index contributed by atoms with van der Waals surface area (Å²) in [6.45, 7) is 10.6. The van der Waals surface area contributed by atoms with Crippen LogP contribution in [0.25, 0.3) is 0 Å². The summed E-state index contributed by atoms with van der Waals surface area (Å²) in [6.07, 6.45) is 0. The van der Waals surface area contributed by atoms with Gasteiger partial charge in [-0.05, 0) is 36.6 Å². The average molecular weight is 265 g/mol. The molecule has 1 heterocycles. The van der Waals surface area contributed by atoms with Crippen molar-refractivity contribution in [2.45, 2.75) is 13.8 Å². The first-order chi connectivity index (χ1) is 9.15. The maximum atomic E-state index is 13.2. The van der Waals surface area contributed by atoms with E-state index in [0.29, 0.717) is 11.5 Å². The van der Waals surface area contributed by atoms with Crippen LogP contribution in [0.1, 0.15) is 12.5 Å². The number of nitrogens with zero attached hydrogens (tertiary/aromatic N) is 1. The minimum Gasteiger partial charge on any atom is -0.385 e. The van der Waals surface area contributed by atoms with Gasteiger partial charge >= 0.3 is 0 Å². The van der Waals surface area contributed by atoms with Crippen molar-refractivity contribution >= 4 is 5.69 Å². The van der Waals surface area contributed by atoms with Crippen LogP contribution in [0.5, 0.6) is 0 Å². The molecule has 1 unspecified atom stereocenters. The predicted molar refractivity (Wildman–Crippen MR) is 78.1 cm³/mol. The predicted octanol–water partition coefficient (Wildman–Crippen LogP) is 2.09. The zero-order valence-corrected chi connectivity index (χ0v) is 11.9. The lowest BCUT2D eigenvalue weighted by atomic mass is 10.1. The van der Waals surface area contributed by atoms with Crippen molar-refractivity contribution < 1.29 is 4.39 Å². The molecule has 19 heavy (non-hydrogen) atoms. The highest BCUT2D eigenvalue weighted by Gasteiger charge is 2.12. The van der Waals surface area contributed by atoms with E-state index < -0.39 is 0 Å². The number of halogens is 1. The van der Waals surface area contributed by atoms with E-state index >= 15 is 0 Å². The molecule has 0 amide bonds. The van der Waals surface area contributed by atoms with Crippen LogP contribution >= 0.6 is 0 Å². The Kier molecular flexibility index (Phi) is 5.16. The lowest BCUT2D eigenvalue weighted by Gasteiger charge is -2.29. The Morgan fingerprint density at radius 3 is 2.79 bits per heavy atom. The number of rotatable bonds is 5. The van der Waals surface area contributed by atoms with Gasteiger partial charge in [-0.25, -0.2) is 4.39 Å². The van der Waals surface area contributed by atoms with E-state index in [1.165, 1.54) is 6.07 Å². The van der Waals surface area contributed by atoms with Crippen LogP contribution in [0.4, 0.5) is 10.1 Å². The first-order valence-corrected chi connectivity index (χ1v) is 7.08. The molecule has 2 N–H and O–H groups in total. The van der Waals surface area contributed by atoms with E-state index in [1.54, 1.807) is 13.0 Å². The van der Waals surface area contributed by atoms with Crippen molar-refractivity contribution in [2.75, 3.05) is 44.6 Å². The third-order valence-corrected chi connectivity index (χ3v) is 3.59. The van der Waals surface area contributed by atoms with Crippen molar-refractivity contribution in [3.05, 3.63) is 29.6 Å². The van der Waals surface area contributed by atoms with Gasteiger partial charge in [-0.1, -0.05) is 6.92 Å². The quantitative estimate of drug-likeness (QED) is 0.853. The van der Waals surface area contributed by atoms with Gasteiger partial charge in [0.05, 0.1) is 0 Å². The Morgan fingerprint density at radius 2 is 2.11 bits per heavy atom. The van der Waals surface area contributed by atoms with E-state index in [4.69, 9.17) is 0 Å². The number of nitrogens with one attached hydrogen (secondary N) is 2. The summed E-state index contributed by atoms with van der Waals surface area (Å²) in [5, 5.41) is 6.76. The average Bonchev–Trinajstić information content (AvgIpc) is 2.41. The molecule has 0 aliphatic carbocycles. The second-order valence-corrected chi connectivity index (χ2v) is 5.50. The number of piperazine rings is 1. The van der Waals surface area contributed by atoms with E-state index in [1.807, 2.05) is 6.07 Å². The van der Waals surface area contributed by atoms with Crippen LogP contribution in [0.3, 0.4) is 0 Å². The summed E-state index contributed by atoms with van der Waals surface area (Å²) in [4.78, 5) is 2.50. The van der Waals surface area contributed by atoms with Crippen molar-refractivity contribution in [3.8, 4) is 0 Å². The van der Waals surface area contributed by atoms with Gasteiger partial charge in [0.25, 0.3) is 0 Å². The molecular formula is C15H24FN3. The van der Waals surface area contributed by atoms with E-state index in [0.717, 1.165) is 45.0 Å². The van der Waals surface area contributed by atoms with Crippen LogP contribution in [0.2, 0.25) is 0 Å². The maximum Gasteiger partial charge on any atom is 0.126 e. The number of hydrogen-bond acceptors (Lipinski definition) is 3. The van der Waals surface area contributed by atoms with Crippen molar-refractivity contribution in [2.24, 2.45) is 5.92 Å². The Labute approximate surface area is 115 Å². The Balaban J connectivity index is 1.75. The highest BCUT2D eigenvalue weighted by Crippen LogP contribution is 2.14. The van der Waals surface area contributed by atoms with Gasteiger partial charge in [0.1, 0.15) is 5.82 Å². The standard InChI is InChI=1S/C15H24FN3/c1-12(11-19-7-5-17-6-8-19)10-18-14-3-4-15(16)13(2)9-14/h3-4,9,12,17-18H,5-8,10-11H2,1-2H3. The van der Waals surface area contributed by atoms with E-state index in [-0.39, 0.29) is 5.82 Å². The third kappa shape index (κ3) is 4.48. The molecule has 106 valence electrons. The molecule has 0 spiro atoms. The van der Waals surface area contributed by atoms with Gasteiger partial charge in [0.2, 0.25) is 0 Å². The minimum atomic E-state index is -0.139. The molecule has 0 radical (unpaired) electrons. The van der Waals surface area contributed by atoms with Crippen molar-refractivity contribution in [1.29, 1.82) is 0 Å². The maximum absolute atomic E-state index is 13.2. The number of aryl methyl sites for hydroxylation is 1. The van der Waals surface area contributed by atoms with Gasteiger partial charge in [-0.15, -0.1) is 0 Å². The molecule has 0 aromatic heterocycles. The number of hydrogen-bond donors (Lipinski definition) is 2. The highest BCUT2D eigenvalue weighted by atomic mass is 19.1. The van der Waals surface area contributed by atoms with Crippen molar-refractivity contribution in [3.63, 3.8) is 0 Å². The topological polar surface area (TPSA) is 27.3 Å². The van der Waals surface area contributed by atoms with Crippen LogP contribution in [-0.2, 0) is 0 Å². The fraction of sp³-hybridized carbons (Fsp3) is 0.600. The normalized spacial score (nSPS) is 18.3. The van der Waals surface area contributed by atoms with E-state index in [2.05, 4.69) is 22.5 Å². The molecule has 0 saturated carbocycles. The molecule has 1 aliphatic rings. The van der Waals surface area contributed by atoms with Gasteiger partial charge < -0.3 is 15.5 Å². The van der Waals surface area contributed by atoms with Gasteiger partial charge in [0.15, 0.2) is 0 Å². The van der Waals surface area contributed by atoms with Crippen LogP contribution in [0, 0.1) is 18.7 Å². The number of benzene rings is 1. The summed E-state index contributed by atoms with van der Waals surface area (Å²) in [5.41, 5.74) is 1.70. The van der Waals surface area contributed by atoms with E-state index in [9.17, 15) is 4.39 Å². The number of anilines is 1. The second kappa shape index (κ2) is 6.87. The Morgan fingerprint density at radius 1 is 1.37 bits per heavy atom. The smallest absolute Gasteiger partial charge is 0.126 e. The molecule has 3 nitrogen and oxygen atoms in total. The summed E-state index contributed by atoms with van der Waals surface area (Å²) in [6, 6.07) is 5.20. The molecule has 1 aliphatic heterocycles. The molecule has 1 saturated heterocycles. The van der Waals surface area contributed by atoms with Crippen LogP contribution in [-0.4, -0.2) is 44.2 Å². The van der Waals surface area contributed by atoms with Crippen molar-refractivity contribution in [1.82, 2.24) is 10.2 Å². The SMILES string of the molecule is Cc1cc(NCC(C)CN2CCNCC2)ccc1F. The summed E-state index contributed by atoms with van der Waals surface area (Å²) >= 11 is 0. The summed E-state index contributed by atoms with van der Waals surface area (Å²) in [5.74, 6) is 0.447. The molecule has 1 atom stereocenters. The monoisotopic (exact) mass is 265 g/mol. The minimum absolute atomic E-state index is 0.139. The lowest BCUT2D eigenvalue weighted by Crippen LogP contribution is -2.45. The second-order valence-electron chi connectivity index (χ2n) is 5.50. The summed E-state index contributed by atoms with van der Waals surface area (Å²) in [7, 11) is 0. The van der Waals surface area contributed by atoms with Gasteiger partial charge in [-0.3, -0.25) is 0 Å². The highest BCUT2D eigenvalue weighted by molar-refractivity contribution is 5.45. The molecular weight excluding hydrogens is 241 g/mol. The first-order valence-electron chi connectivity index (χ1n) is 7.08. The summed E-state index contributed by atoms with van der Waals surface area (Å²) < 4.78 is 13.2. The van der Waals surface area contributed by atoms with Crippen LogP contribution in [0.15, 0.2) is 18.2 Å². The molecule has 4 heteroatoms. The zero-order valence-electron chi connectivity index (χ0n) is 11.9. The molecule has 1 aromatic rings. The molecule has 0 bridgehead atoms. The lowest BCUT2D eigenvalue weighted by molar-refractivity contribution is 0.215. The largest absolute Gasteiger partial charge is 0.385 e. The Hall–Kier alpha value is -1.13. The fourth-order valence-electron chi connectivity index (χ4n) is 2.45. The molecule has 1 fully saturated rings.